The van der Waals surface area contributed by atoms with Gasteiger partial charge >= 0.3 is 11.8 Å². The van der Waals surface area contributed by atoms with E-state index in [1.165, 1.54) is 0 Å². The fourth-order valence-corrected chi connectivity index (χ4v) is 5.16. The summed E-state index contributed by atoms with van der Waals surface area (Å²) in [5.41, 5.74) is 0.999. The number of rotatable bonds is 7. The van der Waals surface area contributed by atoms with E-state index < -0.39 is 22.9 Å². The molecule has 2 aromatic rings. The lowest BCUT2D eigenvalue weighted by molar-refractivity contribution is 0.0526. The maximum atomic E-state index is 13.6. The van der Waals surface area contributed by atoms with Crippen LogP contribution in [0.15, 0.2) is 46.0 Å². The lowest BCUT2D eigenvalue weighted by Gasteiger charge is -2.22. The first-order valence-electron chi connectivity index (χ1n) is 13.8. The van der Waals surface area contributed by atoms with Crippen LogP contribution in [0, 0.1) is 6.92 Å². The zero-order valence-corrected chi connectivity index (χ0v) is 24.5. The van der Waals surface area contributed by atoms with Crippen LogP contribution < -0.4 is 21.3 Å². The first kappa shape index (κ1) is 28.6. The van der Waals surface area contributed by atoms with Gasteiger partial charge in [-0.1, -0.05) is 23.7 Å². The van der Waals surface area contributed by atoms with Crippen molar-refractivity contribution in [3.8, 4) is 17.3 Å². The monoisotopic (exact) mass is 579 g/mol. The molecule has 216 valence electrons. The average molecular weight is 580 g/mol. The van der Waals surface area contributed by atoms with E-state index >= 15 is 0 Å². The minimum atomic E-state index is -0.693. The first-order chi connectivity index (χ1) is 19.5. The van der Waals surface area contributed by atoms with Gasteiger partial charge in [0.05, 0.1) is 23.7 Å². The molecule has 2 aromatic carbocycles. The molecule has 1 saturated carbocycles. The van der Waals surface area contributed by atoms with Crippen LogP contribution in [0.25, 0.3) is 22.6 Å². The van der Waals surface area contributed by atoms with Crippen LogP contribution >= 0.6 is 11.6 Å². The number of aromatic nitrogens is 4. The predicted molar refractivity (Wildman–Crippen MR) is 157 cm³/mol. The van der Waals surface area contributed by atoms with Crippen LogP contribution in [-0.4, -0.2) is 43.4 Å². The van der Waals surface area contributed by atoms with Gasteiger partial charge in [-0.05, 0) is 82.7 Å². The molecule has 10 nitrogen and oxygen atoms in total. The van der Waals surface area contributed by atoms with Gasteiger partial charge in [0.2, 0.25) is 0 Å². The Hall–Kier alpha value is -3.92. The second-order valence-electron chi connectivity index (χ2n) is 11.4. The Morgan fingerprint density at radius 1 is 1.07 bits per heavy atom. The molecular weight excluding hydrogens is 546 g/mol. The maximum absolute atomic E-state index is 13.6. The largest absolute Gasteiger partial charge is 0.490 e. The number of ether oxygens (including phenoxy) is 2. The van der Waals surface area contributed by atoms with Gasteiger partial charge in [-0.3, -0.25) is 9.36 Å². The minimum absolute atomic E-state index is 0.0326. The molecule has 3 aliphatic rings. The molecule has 5 rings (SSSR count). The van der Waals surface area contributed by atoms with Gasteiger partial charge < -0.3 is 19.4 Å². The fourth-order valence-electron chi connectivity index (χ4n) is 5.04. The second-order valence-corrected chi connectivity index (χ2v) is 11.8. The number of alkyl carbamates (subject to hydrolysis) is 1. The molecule has 1 aliphatic carbocycles. The normalized spacial score (nSPS) is 14.1. The number of hydrogen-bond acceptors (Lipinski definition) is 7. The van der Waals surface area contributed by atoms with Crippen molar-refractivity contribution < 1.29 is 14.3 Å². The Bertz CT molecular complexity index is 1670. The van der Waals surface area contributed by atoms with Crippen molar-refractivity contribution in [2.75, 3.05) is 6.54 Å². The van der Waals surface area contributed by atoms with Gasteiger partial charge in [-0.15, -0.1) is 0 Å². The third kappa shape index (κ3) is 6.53. The molecule has 0 aromatic heterocycles. The van der Waals surface area contributed by atoms with Gasteiger partial charge in [0.15, 0.2) is 11.5 Å². The summed E-state index contributed by atoms with van der Waals surface area (Å²) in [5, 5.41) is 3.30. The molecule has 41 heavy (non-hydrogen) atoms. The predicted octanol–water partition coefficient (Wildman–Crippen LogP) is 4.91. The molecule has 0 radical (unpaired) electrons. The zero-order valence-electron chi connectivity index (χ0n) is 23.7. The number of benzene rings is 2. The van der Waals surface area contributed by atoms with Gasteiger partial charge in [0, 0.05) is 24.2 Å². The van der Waals surface area contributed by atoms with E-state index in [9.17, 15) is 14.4 Å². The number of aryl methyl sites for hydroxylation is 1. The van der Waals surface area contributed by atoms with Gasteiger partial charge in [0.25, 0.3) is 5.56 Å². The Morgan fingerprint density at radius 2 is 1.78 bits per heavy atom. The number of nitrogens with zero attached hydrogens (tertiary/aromatic N) is 4. The van der Waals surface area contributed by atoms with Crippen LogP contribution in [0.5, 0.6) is 5.75 Å². The lowest BCUT2D eigenvalue weighted by atomic mass is 10.1. The summed E-state index contributed by atoms with van der Waals surface area (Å²) in [4.78, 5) is 48.1. The van der Waals surface area contributed by atoms with Crippen LogP contribution in [0.1, 0.15) is 57.6 Å². The van der Waals surface area contributed by atoms with Crippen LogP contribution in [-0.2, 0) is 17.8 Å². The van der Waals surface area contributed by atoms with E-state index in [4.69, 9.17) is 21.1 Å². The van der Waals surface area contributed by atoms with Crippen molar-refractivity contribution >= 4 is 28.7 Å². The number of hydrogen-bond donors (Lipinski definition) is 1. The van der Waals surface area contributed by atoms with Crippen molar-refractivity contribution in [3.05, 3.63) is 73.4 Å². The summed E-state index contributed by atoms with van der Waals surface area (Å²) in [6.45, 7) is 7.72. The lowest BCUT2D eigenvalue weighted by Crippen LogP contribution is -2.39. The van der Waals surface area contributed by atoms with Gasteiger partial charge in [-0.2, -0.15) is 4.98 Å². The Morgan fingerprint density at radius 3 is 2.46 bits per heavy atom. The molecule has 1 fully saturated rings. The van der Waals surface area contributed by atoms with Crippen LogP contribution in [0.2, 0.25) is 5.02 Å². The summed E-state index contributed by atoms with van der Waals surface area (Å²) in [7, 11) is 0. The Labute approximate surface area is 242 Å². The number of nitrogens with one attached hydrogen (secondary N) is 1. The summed E-state index contributed by atoms with van der Waals surface area (Å²) in [6.07, 6.45) is 3.86. The number of carbonyl (C=O) groups is 1. The van der Waals surface area contributed by atoms with Crippen molar-refractivity contribution in [2.45, 2.75) is 78.2 Å². The highest BCUT2D eigenvalue weighted by molar-refractivity contribution is 6.30. The molecule has 0 spiro atoms. The van der Waals surface area contributed by atoms with Crippen LogP contribution in [0.3, 0.4) is 0 Å². The SMILES string of the molecule is Cc1cc2nc3c(=O)n(Cc4ccc(Cl)cc4)c(=O)nc-3n(CCNC(=O)OC(C)(C)C)c2cc1OC1CCCC1. The smallest absolute Gasteiger partial charge is 0.407 e. The van der Waals surface area contributed by atoms with E-state index in [0.717, 1.165) is 47.1 Å². The molecule has 2 aliphatic heterocycles. The number of halogens is 1. The van der Waals surface area contributed by atoms with Crippen molar-refractivity contribution in [3.63, 3.8) is 0 Å². The molecule has 0 atom stereocenters. The first-order valence-corrected chi connectivity index (χ1v) is 14.2. The molecule has 11 heteroatoms. The third-order valence-electron chi connectivity index (χ3n) is 7.00. The average Bonchev–Trinajstić information content (AvgIpc) is 3.41. The van der Waals surface area contributed by atoms with E-state index in [1.807, 2.05) is 19.1 Å². The molecule has 0 unspecified atom stereocenters. The quantitative estimate of drug-likeness (QED) is 0.309. The molecular formula is C30H34ClN5O5. The van der Waals surface area contributed by atoms with Crippen molar-refractivity contribution in [2.24, 2.45) is 0 Å². The maximum Gasteiger partial charge on any atom is 0.407 e. The highest BCUT2D eigenvalue weighted by atomic mass is 35.5. The van der Waals surface area contributed by atoms with E-state index in [1.54, 1.807) is 49.6 Å². The number of amides is 1. The minimum Gasteiger partial charge on any atom is -0.490 e. The summed E-state index contributed by atoms with van der Waals surface area (Å²) < 4.78 is 14.5. The third-order valence-corrected chi connectivity index (χ3v) is 7.25. The van der Waals surface area contributed by atoms with Crippen molar-refractivity contribution in [1.29, 1.82) is 0 Å². The number of carbonyl (C=O) groups excluding carboxylic acids is 1. The summed E-state index contributed by atoms with van der Waals surface area (Å²) in [6, 6.07) is 10.7. The van der Waals surface area contributed by atoms with E-state index in [0.29, 0.717) is 16.1 Å². The Kier molecular flexibility index (Phi) is 8.04. The Balaban J connectivity index is 1.59. The highest BCUT2D eigenvalue weighted by Crippen LogP contribution is 2.31. The summed E-state index contributed by atoms with van der Waals surface area (Å²) >= 11 is 5.99. The molecule has 2 heterocycles. The topological polar surface area (TPSA) is 117 Å². The molecule has 1 N–H and O–H groups in total. The fraction of sp³-hybridized carbons (Fsp3) is 0.433. The number of fused-ring (bicyclic) bond motifs is 2. The second kappa shape index (κ2) is 11.5. The van der Waals surface area contributed by atoms with Gasteiger partial charge in [0.1, 0.15) is 11.4 Å². The highest BCUT2D eigenvalue weighted by Gasteiger charge is 2.24. The van der Waals surface area contributed by atoms with Crippen LogP contribution in [0.4, 0.5) is 4.79 Å². The molecule has 0 bridgehead atoms. The molecule has 1 amide bonds. The van der Waals surface area contributed by atoms with Crippen molar-refractivity contribution in [1.82, 2.24) is 24.4 Å². The molecule has 0 saturated heterocycles. The van der Waals surface area contributed by atoms with Gasteiger partial charge in [-0.25, -0.2) is 14.6 Å². The van der Waals surface area contributed by atoms with E-state index in [-0.39, 0.29) is 37.3 Å². The summed E-state index contributed by atoms with van der Waals surface area (Å²) in [5.74, 6) is 0.861. The standard InChI is InChI=1S/C30H34ClN5O5/c1-18-15-22-23(16-24(18)40-21-7-5-6-8-21)35(14-13-32-29(39)41-30(2,3)4)26-25(33-22)27(37)36(28(38)34-26)17-19-9-11-20(31)12-10-19/h9-12,15-16,21H,5-8,13-14,17H2,1-4H3,(H,32,39). The zero-order chi connectivity index (χ0) is 29.3. The van der Waals surface area contributed by atoms with E-state index in [2.05, 4.69) is 15.3 Å².